The van der Waals surface area contributed by atoms with Gasteiger partial charge in [-0.05, 0) is 42.3 Å². The smallest absolute Gasteiger partial charge is 0.258 e. The van der Waals surface area contributed by atoms with E-state index in [0.717, 1.165) is 5.56 Å². The number of hydrogen-bond donors (Lipinski definition) is 2. The number of nitrogens with zero attached hydrogens (tertiary/aromatic N) is 2. The zero-order valence-corrected chi connectivity index (χ0v) is 17.2. The fraction of sp³-hybridized carbons (Fsp3) is 0.174. The van der Waals surface area contributed by atoms with Crippen LogP contribution in [0.5, 0.6) is 17.2 Å². The SMILES string of the molecule is COc1cc2nc(Cc3ccc(-c4cc(C)cc(F)c4O)nc3)[nH]c(=O)c2cc1OC. The van der Waals surface area contributed by atoms with Gasteiger partial charge in [-0.15, -0.1) is 0 Å². The van der Waals surface area contributed by atoms with E-state index in [1.807, 2.05) is 0 Å². The number of hydrogen-bond acceptors (Lipinski definition) is 6. The van der Waals surface area contributed by atoms with Crippen LogP contribution in [0.2, 0.25) is 0 Å². The third-order valence-electron chi connectivity index (χ3n) is 4.94. The monoisotopic (exact) mass is 421 g/mol. The predicted octanol–water partition coefficient (Wildman–Crippen LogP) is 3.75. The van der Waals surface area contributed by atoms with Crippen LogP contribution in [0.3, 0.4) is 0 Å². The Hall–Kier alpha value is -3.94. The fourth-order valence-corrected chi connectivity index (χ4v) is 3.41. The summed E-state index contributed by atoms with van der Waals surface area (Å²) in [6.45, 7) is 1.74. The Morgan fingerprint density at radius 1 is 1.10 bits per heavy atom. The first-order chi connectivity index (χ1) is 14.9. The second kappa shape index (κ2) is 8.06. The predicted molar refractivity (Wildman–Crippen MR) is 114 cm³/mol. The number of H-pyrrole nitrogens is 1. The number of phenols is 1. The van der Waals surface area contributed by atoms with Crippen LogP contribution in [0, 0.1) is 12.7 Å². The van der Waals surface area contributed by atoms with Crippen LogP contribution in [-0.2, 0) is 6.42 Å². The molecule has 0 atom stereocenters. The van der Waals surface area contributed by atoms with Crippen molar-refractivity contribution in [3.05, 3.63) is 75.7 Å². The summed E-state index contributed by atoms with van der Waals surface area (Å²) in [7, 11) is 3.02. The summed E-state index contributed by atoms with van der Waals surface area (Å²) in [5, 5.41) is 10.4. The minimum Gasteiger partial charge on any atom is -0.504 e. The molecule has 0 saturated heterocycles. The molecule has 7 nitrogen and oxygen atoms in total. The maximum Gasteiger partial charge on any atom is 0.258 e. The molecule has 4 aromatic rings. The van der Waals surface area contributed by atoms with E-state index < -0.39 is 11.6 Å². The highest BCUT2D eigenvalue weighted by molar-refractivity contribution is 5.81. The Labute approximate surface area is 177 Å². The van der Waals surface area contributed by atoms with E-state index in [1.54, 1.807) is 43.5 Å². The van der Waals surface area contributed by atoms with Crippen LogP contribution in [0.25, 0.3) is 22.2 Å². The first-order valence-electron chi connectivity index (χ1n) is 9.49. The highest BCUT2D eigenvalue weighted by Crippen LogP contribution is 2.32. The standard InChI is InChI=1S/C23H20FN3O4/c1-12-6-14(22(28)16(24)7-12)17-5-4-13(11-25-17)8-21-26-18-10-20(31-3)19(30-2)9-15(18)23(29)27-21/h4-7,9-11,28H,8H2,1-3H3,(H,26,27,29). The van der Waals surface area contributed by atoms with Crippen molar-refractivity contribution in [2.24, 2.45) is 0 Å². The number of aryl methyl sites for hydroxylation is 1. The van der Waals surface area contributed by atoms with E-state index >= 15 is 0 Å². The molecular formula is C23H20FN3O4. The number of benzene rings is 2. The Balaban J connectivity index is 1.66. The quantitative estimate of drug-likeness (QED) is 0.509. The van der Waals surface area contributed by atoms with Crippen LogP contribution in [-0.4, -0.2) is 34.3 Å². The molecule has 0 aliphatic carbocycles. The van der Waals surface area contributed by atoms with Gasteiger partial charge in [0.25, 0.3) is 5.56 Å². The van der Waals surface area contributed by atoms with E-state index in [9.17, 15) is 14.3 Å². The highest BCUT2D eigenvalue weighted by atomic mass is 19.1. The molecule has 31 heavy (non-hydrogen) atoms. The summed E-state index contributed by atoms with van der Waals surface area (Å²) >= 11 is 0. The molecule has 0 saturated carbocycles. The minimum absolute atomic E-state index is 0.286. The van der Waals surface area contributed by atoms with E-state index in [1.165, 1.54) is 20.3 Å². The van der Waals surface area contributed by atoms with Crippen LogP contribution >= 0.6 is 0 Å². The van der Waals surface area contributed by atoms with Gasteiger partial charge in [-0.25, -0.2) is 9.37 Å². The first-order valence-corrected chi connectivity index (χ1v) is 9.49. The molecule has 0 aliphatic heterocycles. The van der Waals surface area contributed by atoms with Gasteiger partial charge in [-0.3, -0.25) is 9.78 Å². The Kier molecular flexibility index (Phi) is 5.29. The highest BCUT2D eigenvalue weighted by Gasteiger charge is 2.13. The molecule has 0 spiro atoms. The third kappa shape index (κ3) is 3.92. The number of aromatic hydroxyl groups is 1. The molecule has 0 aliphatic rings. The molecule has 158 valence electrons. The van der Waals surface area contributed by atoms with Gasteiger partial charge in [0.15, 0.2) is 23.1 Å². The first kappa shape index (κ1) is 20.3. The molecule has 2 heterocycles. The second-order valence-electron chi connectivity index (χ2n) is 7.11. The Morgan fingerprint density at radius 2 is 1.84 bits per heavy atom. The van der Waals surface area contributed by atoms with Crippen molar-refractivity contribution in [2.75, 3.05) is 14.2 Å². The molecule has 8 heteroatoms. The zero-order valence-electron chi connectivity index (χ0n) is 17.2. The average molecular weight is 421 g/mol. The third-order valence-corrected chi connectivity index (χ3v) is 4.94. The molecule has 0 fully saturated rings. The maximum atomic E-state index is 13.8. The van der Waals surface area contributed by atoms with Gasteiger partial charge in [-0.1, -0.05) is 6.07 Å². The second-order valence-corrected chi connectivity index (χ2v) is 7.11. The van der Waals surface area contributed by atoms with Gasteiger partial charge in [0.2, 0.25) is 0 Å². The number of pyridine rings is 1. The number of fused-ring (bicyclic) bond motifs is 1. The number of aromatic amines is 1. The Morgan fingerprint density at radius 3 is 2.52 bits per heavy atom. The number of aromatic nitrogens is 3. The lowest BCUT2D eigenvalue weighted by Gasteiger charge is -2.10. The molecule has 0 bridgehead atoms. The molecule has 0 radical (unpaired) electrons. The van der Waals surface area contributed by atoms with Gasteiger partial charge < -0.3 is 19.6 Å². The van der Waals surface area contributed by atoms with Crippen molar-refractivity contribution in [3.63, 3.8) is 0 Å². The molecule has 0 amide bonds. The minimum atomic E-state index is -0.689. The number of rotatable bonds is 5. The normalized spacial score (nSPS) is 11.0. The average Bonchev–Trinajstić information content (AvgIpc) is 2.76. The summed E-state index contributed by atoms with van der Waals surface area (Å²) in [4.78, 5) is 24.2. The summed E-state index contributed by atoms with van der Waals surface area (Å²) in [5.74, 6) is 0.270. The molecule has 0 unspecified atom stereocenters. The van der Waals surface area contributed by atoms with Crippen molar-refractivity contribution >= 4 is 10.9 Å². The van der Waals surface area contributed by atoms with E-state index in [2.05, 4.69) is 15.0 Å². The summed E-state index contributed by atoms with van der Waals surface area (Å²) in [6, 6.07) is 9.66. The summed E-state index contributed by atoms with van der Waals surface area (Å²) in [5.41, 5.74) is 2.44. The molecule has 2 N–H and O–H groups in total. The van der Waals surface area contributed by atoms with E-state index in [4.69, 9.17) is 9.47 Å². The van der Waals surface area contributed by atoms with Crippen molar-refractivity contribution in [2.45, 2.75) is 13.3 Å². The molecule has 4 rings (SSSR count). The summed E-state index contributed by atoms with van der Waals surface area (Å²) in [6.07, 6.45) is 1.94. The molecule has 2 aromatic carbocycles. The Bertz CT molecular complexity index is 1330. The maximum absolute atomic E-state index is 13.8. The van der Waals surface area contributed by atoms with Gasteiger partial charge in [-0.2, -0.15) is 0 Å². The van der Waals surface area contributed by atoms with Crippen molar-refractivity contribution in [3.8, 4) is 28.5 Å². The van der Waals surface area contributed by atoms with Crippen LogP contribution in [0.1, 0.15) is 17.0 Å². The number of halogens is 1. The van der Waals surface area contributed by atoms with Gasteiger partial charge in [0.05, 0.1) is 30.8 Å². The van der Waals surface area contributed by atoms with Crippen molar-refractivity contribution < 1.29 is 19.0 Å². The fourth-order valence-electron chi connectivity index (χ4n) is 3.41. The lowest BCUT2D eigenvalue weighted by molar-refractivity contribution is 0.355. The molecular weight excluding hydrogens is 401 g/mol. The van der Waals surface area contributed by atoms with Gasteiger partial charge in [0.1, 0.15) is 5.82 Å². The van der Waals surface area contributed by atoms with Crippen molar-refractivity contribution in [1.29, 1.82) is 0 Å². The zero-order chi connectivity index (χ0) is 22.1. The van der Waals surface area contributed by atoms with Crippen LogP contribution in [0.4, 0.5) is 4.39 Å². The number of methoxy groups -OCH3 is 2. The largest absolute Gasteiger partial charge is 0.504 e. The number of ether oxygens (including phenoxy) is 2. The number of phenolic OH excluding ortho intramolecular Hbond substituents is 1. The van der Waals surface area contributed by atoms with E-state index in [0.29, 0.717) is 51.5 Å². The van der Waals surface area contributed by atoms with E-state index in [-0.39, 0.29) is 5.56 Å². The van der Waals surface area contributed by atoms with Gasteiger partial charge in [0, 0.05) is 24.2 Å². The lowest BCUT2D eigenvalue weighted by atomic mass is 10.1. The topological polar surface area (TPSA) is 97.3 Å². The lowest BCUT2D eigenvalue weighted by Crippen LogP contribution is -2.12. The van der Waals surface area contributed by atoms with Crippen molar-refractivity contribution in [1.82, 2.24) is 15.0 Å². The summed E-state index contributed by atoms with van der Waals surface area (Å²) < 4.78 is 24.4. The van der Waals surface area contributed by atoms with Crippen LogP contribution in [0.15, 0.2) is 47.4 Å². The number of nitrogens with one attached hydrogen (secondary N) is 1. The van der Waals surface area contributed by atoms with Gasteiger partial charge >= 0.3 is 0 Å². The van der Waals surface area contributed by atoms with Crippen LogP contribution < -0.4 is 15.0 Å². The molecule has 2 aromatic heterocycles.